The molecule has 1 saturated heterocycles. The molecular weight excluding hydrogens is 468 g/mol. The number of nitrogens with one attached hydrogen (secondary N) is 1. The highest BCUT2D eigenvalue weighted by Gasteiger charge is 2.29. The normalized spacial score (nSPS) is 18.3. The van der Waals surface area contributed by atoms with Crippen molar-refractivity contribution in [3.8, 4) is 11.4 Å². The molecule has 0 spiro atoms. The van der Waals surface area contributed by atoms with Crippen LogP contribution in [-0.4, -0.2) is 40.0 Å². The van der Waals surface area contributed by atoms with Gasteiger partial charge in [0.2, 0.25) is 5.91 Å². The first-order valence-electron chi connectivity index (χ1n) is 14.1. The summed E-state index contributed by atoms with van der Waals surface area (Å²) in [5.74, 6) is 1.82. The molecule has 1 fully saturated rings. The fourth-order valence-electron chi connectivity index (χ4n) is 6.30. The average molecular weight is 507 g/mol. The van der Waals surface area contributed by atoms with E-state index >= 15 is 0 Å². The number of amides is 1. The Morgan fingerprint density at radius 2 is 1.74 bits per heavy atom. The molecule has 0 radical (unpaired) electrons. The molecule has 0 bridgehead atoms. The van der Waals surface area contributed by atoms with E-state index in [-0.39, 0.29) is 11.8 Å². The van der Waals surface area contributed by atoms with Crippen LogP contribution in [-0.2, 0) is 17.6 Å². The summed E-state index contributed by atoms with van der Waals surface area (Å²) in [6, 6.07) is 24.2. The zero-order chi connectivity index (χ0) is 26.2. The SMILES string of the molecule is Cc1ccc2c(c1)nc(-c1ccccc1)n2C1CCN(C[C@@H]2Cc3ccc(NC(=O)C(C)C)cc3C2)CC1. The summed E-state index contributed by atoms with van der Waals surface area (Å²) in [6.07, 6.45) is 4.52. The molecule has 3 aromatic carbocycles. The molecule has 38 heavy (non-hydrogen) atoms. The number of carbonyl (C=O) groups is 1. The van der Waals surface area contributed by atoms with Crippen LogP contribution in [0.2, 0.25) is 0 Å². The zero-order valence-electron chi connectivity index (χ0n) is 22.8. The van der Waals surface area contributed by atoms with Crippen LogP contribution in [0.1, 0.15) is 49.4 Å². The van der Waals surface area contributed by atoms with E-state index < -0.39 is 0 Å². The molecule has 1 aliphatic carbocycles. The van der Waals surface area contributed by atoms with Gasteiger partial charge in [-0.15, -0.1) is 0 Å². The van der Waals surface area contributed by atoms with E-state index in [9.17, 15) is 4.79 Å². The third-order valence-electron chi connectivity index (χ3n) is 8.33. The van der Waals surface area contributed by atoms with E-state index in [4.69, 9.17) is 4.98 Å². The van der Waals surface area contributed by atoms with Crippen molar-refractivity contribution in [3.63, 3.8) is 0 Å². The summed E-state index contributed by atoms with van der Waals surface area (Å²) in [5.41, 5.74) is 8.57. The van der Waals surface area contributed by atoms with Crippen molar-refractivity contribution in [2.45, 2.75) is 52.5 Å². The number of anilines is 1. The van der Waals surface area contributed by atoms with Crippen molar-refractivity contribution in [1.29, 1.82) is 0 Å². The van der Waals surface area contributed by atoms with Crippen molar-refractivity contribution < 1.29 is 4.79 Å². The number of likely N-dealkylation sites (tertiary alicyclic amines) is 1. The number of piperidine rings is 1. The number of hydrogen-bond donors (Lipinski definition) is 1. The van der Waals surface area contributed by atoms with Gasteiger partial charge in [0.05, 0.1) is 11.0 Å². The lowest BCUT2D eigenvalue weighted by atomic mass is 10.00. The molecule has 1 aliphatic heterocycles. The molecule has 2 aliphatic rings. The van der Waals surface area contributed by atoms with E-state index in [1.807, 2.05) is 13.8 Å². The first-order valence-corrected chi connectivity index (χ1v) is 14.1. The van der Waals surface area contributed by atoms with Crippen LogP contribution in [0.5, 0.6) is 0 Å². The summed E-state index contributed by atoms with van der Waals surface area (Å²) in [6.45, 7) is 9.38. The molecule has 0 unspecified atom stereocenters. The number of nitrogens with zero attached hydrogens (tertiary/aromatic N) is 3. The number of fused-ring (bicyclic) bond motifs is 2. The number of aromatic nitrogens is 2. The number of benzene rings is 3. The second-order valence-electron chi connectivity index (χ2n) is 11.6. The molecule has 1 amide bonds. The fourth-order valence-corrected chi connectivity index (χ4v) is 6.30. The van der Waals surface area contributed by atoms with Gasteiger partial charge < -0.3 is 14.8 Å². The largest absolute Gasteiger partial charge is 0.326 e. The monoisotopic (exact) mass is 506 g/mol. The number of rotatable bonds is 6. The van der Waals surface area contributed by atoms with Gasteiger partial charge in [0.25, 0.3) is 0 Å². The number of aryl methyl sites for hydroxylation is 1. The van der Waals surface area contributed by atoms with Gasteiger partial charge in [-0.05, 0) is 79.5 Å². The molecule has 1 aromatic heterocycles. The molecule has 6 rings (SSSR count). The predicted octanol–water partition coefficient (Wildman–Crippen LogP) is 6.66. The van der Waals surface area contributed by atoms with E-state index in [0.717, 1.165) is 62.3 Å². The highest BCUT2D eigenvalue weighted by molar-refractivity contribution is 5.92. The lowest BCUT2D eigenvalue weighted by molar-refractivity contribution is -0.118. The Balaban J connectivity index is 1.13. The first-order chi connectivity index (χ1) is 18.4. The minimum absolute atomic E-state index is 0.00729. The van der Waals surface area contributed by atoms with Gasteiger partial charge in [-0.1, -0.05) is 56.3 Å². The van der Waals surface area contributed by atoms with Crippen LogP contribution in [0, 0.1) is 18.8 Å². The Morgan fingerprint density at radius 1 is 0.974 bits per heavy atom. The van der Waals surface area contributed by atoms with Crippen LogP contribution in [0.15, 0.2) is 66.7 Å². The van der Waals surface area contributed by atoms with E-state index in [1.54, 1.807) is 0 Å². The van der Waals surface area contributed by atoms with Gasteiger partial charge in [-0.25, -0.2) is 4.98 Å². The van der Waals surface area contributed by atoms with Crippen molar-refractivity contribution >= 4 is 22.6 Å². The highest BCUT2D eigenvalue weighted by atomic mass is 16.1. The van der Waals surface area contributed by atoms with Crippen LogP contribution < -0.4 is 5.32 Å². The molecule has 5 heteroatoms. The topological polar surface area (TPSA) is 50.2 Å². The third kappa shape index (κ3) is 5.00. The Kier molecular flexibility index (Phi) is 6.79. The molecule has 1 atom stereocenters. The first kappa shape index (κ1) is 24.9. The Bertz CT molecular complexity index is 1450. The number of hydrogen-bond acceptors (Lipinski definition) is 3. The molecule has 196 valence electrons. The lowest BCUT2D eigenvalue weighted by Gasteiger charge is -2.35. The molecule has 2 heterocycles. The van der Waals surface area contributed by atoms with Crippen LogP contribution >= 0.6 is 0 Å². The molecule has 1 N–H and O–H groups in total. The zero-order valence-corrected chi connectivity index (χ0v) is 22.8. The van der Waals surface area contributed by atoms with Gasteiger partial charge in [0, 0.05) is 42.8 Å². The van der Waals surface area contributed by atoms with Gasteiger partial charge in [-0.2, -0.15) is 0 Å². The average Bonchev–Trinajstić information content (AvgIpc) is 3.49. The van der Waals surface area contributed by atoms with Crippen LogP contribution in [0.3, 0.4) is 0 Å². The van der Waals surface area contributed by atoms with Gasteiger partial charge in [0.15, 0.2) is 0 Å². The standard InChI is InChI=1S/C33H38N4O/c1-22(2)33(38)34-28-11-10-26-18-24(19-27(26)20-28)21-36-15-13-29(14-16-36)37-31-12-9-23(3)17-30(31)35-32(37)25-7-5-4-6-8-25/h4-12,17,20,22,24,29H,13-16,18-19,21H2,1-3H3,(H,34,38)/t24-/m1/s1. The smallest absolute Gasteiger partial charge is 0.226 e. The maximum atomic E-state index is 12.1. The summed E-state index contributed by atoms with van der Waals surface area (Å²) in [4.78, 5) is 19.9. The predicted molar refractivity (Wildman–Crippen MR) is 155 cm³/mol. The maximum Gasteiger partial charge on any atom is 0.226 e. The Morgan fingerprint density at radius 3 is 2.50 bits per heavy atom. The quantitative estimate of drug-likeness (QED) is 0.318. The number of carbonyl (C=O) groups excluding carboxylic acids is 1. The van der Waals surface area contributed by atoms with Crippen molar-refractivity contribution in [2.24, 2.45) is 11.8 Å². The van der Waals surface area contributed by atoms with Gasteiger partial charge in [-0.3, -0.25) is 4.79 Å². The summed E-state index contributed by atoms with van der Waals surface area (Å²) >= 11 is 0. The Labute approximate surface area is 225 Å². The molecule has 5 nitrogen and oxygen atoms in total. The van der Waals surface area contributed by atoms with Crippen molar-refractivity contribution in [2.75, 3.05) is 25.0 Å². The summed E-state index contributed by atoms with van der Waals surface area (Å²) in [5, 5.41) is 3.06. The van der Waals surface area contributed by atoms with E-state index in [2.05, 4.69) is 88.4 Å². The van der Waals surface area contributed by atoms with Crippen molar-refractivity contribution in [3.05, 3.63) is 83.4 Å². The second kappa shape index (κ2) is 10.4. The molecular formula is C33H38N4O. The molecule has 0 saturated carbocycles. The summed E-state index contributed by atoms with van der Waals surface area (Å²) < 4.78 is 2.51. The van der Waals surface area contributed by atoms with E-state index in [0.29, 0.717) is 12.0 Å². The van der Waals surface area contributed by atoms with E-state index in [1.165, 1.54) is 27.8 Å². The maximum absolute atomic E-state index is 12.1. The minimum atomic E-state index is -0.00729. The van der Waals surface area contributed by atoms with Crippen LogP contribution in [0.25, 0.3) is 22.4 Å². The summed E-state index contributed by atoms with van der Waals surface area (Å²) in [7, 11) is 0. The number of imidazole rings is 1. The van der Waals surface area contributed by atoms with Gasteiger partial charge in [0.1, 0.15) is 5.82 Å². The Hall–Kier alpha value is -3.44. The third-order valence-corrected chi connectivity index (χ3v) is 8.33. The molecule has 4 aromatic rings. The van der Waals surface area contributed by atoms with Gasteiger partial charge >= 0.3 is 0 Å². The highest BCUT2D eigenvalue weighted by Crippen LogP contribution is 2.35. The second-order valence-corrected chi connectivity index (χ2v) is 11.6. The lowest BCUT2D eigenvalue weighted by Crippen LogP contribution is -2.38. The fraction of sp³-hybridized carbons (Fsp3) is 0.394. The van der Waals surface area contributed by atoms with Crippen molar-refractivity contribution in [1.82, 2.24) is 14.5 Å². The minimum Gasteiger partial charge on any atom is -0.326 e. The van der Waals surface area contributed by atoms with Crippen LogP contribution in [0.4, 0.5) is 5.69 Å².